The van der Waals surface area contributed by atoms with Crippen LogP contribution in [0.3, 0.4) is 0 Å². The Hall–Kier alpha value is -3.10. The molecule has 1 fully saturated rings. The van der Waals surface area contributed by atoms with E-state index < -0.39 is 11.9 Å². The van der Waals surface area contributed by atoms with Crippen molar-refractivity contribution < 1.29 is 24.2 Å². The third-order valence-electron chi connectivity index (χ3n) is 4.69. The van der Waals surface area contributed by atoms with Gasteiger partial charge < -0.3 is 19.5 Å². The van der Waals surface area contributed by atoms with E-state index in [-0.39, 0.29) is 18.1 Å². The van der Waals surface area contributed by atoms with Crippen LogP contribution in [0.5, 0.6) is 11.5 Å². The maximum atomic E-state index is 12.7. The minimum absolute atomic E-state index is 0.199. The van der Waals surface area contributed by atoms with Crippen molar-refractivity contribution in [1.29, 1.82) is 0 Å². The number of rotatable bonds is 3. The van der Waals surface area contributed by atoms with E-state index in [0.717, 1.165) is 0 Å². The summed E-state index contributed by atoms with van der Waals surface area (Å²) in [5.41, 5.74) is 1.53. The molecule has 2 aliphatic heterocycles. The number of ether oxygens (including phenoxy) is 2. The summed E-state index contributed by atoms with van der Waals surface area (Å²) in [5.74, 6) is -0.398. The Kier molecular flexibility index (Phi) is 3.98. The van der Waals surface area contributed by atoms with Crippen molar-refractivity contribution in [3.05, 3.63) is 29.6 Å². The summed E-state index contributed by atoms with van der Waals surface area (Å²) in [4.78, 5) is 25.3. The SMILES string of the molecule is Cc1c(C(=O)N2CC[C@H](C(=O)O)C2)nnn1-c1ccc2c(c1)OCCO2. The molecule has 1 saturated heterocycles. The van der Waals surface area contributed by atoms with E-state index in [4.69, 9.17) is 14.6 Å². The zero-order valence-corrected chi connectivity index (χ0v) is 14.2. The molecule has 2 aliphatic rings. The summed E-state index contributed by atoms with van der Waals surface area (Å²) in [5, 5.41) is 17.2. The molecular formula is C17H18N4O5. The Labute approximate surface area is 149 Å². The number of carboxylic acids is 1. The Morgan fingerprint density at radius 1 is 1.23 bits per heavy atom. The second-order valence-electron chi connectivity index (χ2n) is 6.34. The highest BCUT2D eigenvalue weighted by Gasteiger charge is 2.33. The number of carboxylic acid groups (broad SMARTS) is 1. The summed E-state index contributed by atoms with van der Waals surface area (Å²) in [6.45, 7) is 3.36. The van der Waals surface area contributed by atoms with Gasteiger partial charge >= 0.3 is 5.97 Å². The van der Waals surface area contributed by atoms with Gasteiger partial charge in [-0.25, -0.2) is 4.68 Å². The van der Waals surface area contributed by atoms with E-state index in [2.05, 4.69) is 10.3 Å². The molecule has 1 N–H and O–H groups in total. The molecule has 0 spiro atoms. The number of nitrogens with zero attached hydrogens (tertiary/aromatic N) is 4. The Balaban J connectivity index is 1.59. The zero-order valence-electron chi connectivity index (χ0n) is 14.2. The lowest BCUT2D eigenvalue weighted by Gasteiger charge is -2.19. The van der Waals surface area contributed by atoms with Gasteiger partial charge in [-0.05, 0) is 25.5 Å². The zero-order chi connectivity index (χ0) is 18.3. The molecule has 1 atom stereocenters. The van der Waals surface area contributed by atoms with Gasteiger partial charge in [0.1, 0.15) is 13.2 Å². The van der Waals surface area contributed by atoms with Gasteiger partial charge in [-0.1, -0.05) is 5.21 Å². The molecule has 1 amide bonds. The lowest BCUT2D eigenvalue weighted by molar-refractivity contribution is -0.141. The predicted molar refractivity (Wildman–Crippen MR) is 88.7 cm³/mol. The van der Waals surface area contributed by atoms with Crippen molar-refractivity contribution >= 4 is 11.9 Å². The van der Waals surface area contributed by atoms with E-state index in [9.17, 15) is 9.59 Å². The third kappa shape index (κ3) is 2.75. The number of carbonyl (C=O) groups is 2. The highest BCUT2D eigenvalue weighted by molar-refractivity contribution is 5.94. The Morgan fingerprint density at radius 2 is 2.00 bits per heavy atom. The van der Waals surface area contributed by atoms with Crippen LogP contribution in [0.25, 0.3) is 5.69 Å². The molecule has 0 unspecified atom stereocenters. The molecule has 26 heavy (non-hydrogen) atoms. The van der Waals surface area contributed by atoms with Gasteiger partial charge in [0.15, 0.2) is 17.2 Å². The summed E-state index contributed by atoms with van der Waals surface area (Å²) >= 11 is 0. The number of amides is 1. The number of hydrogen-bond donors (Lipinski definition) is 1. The maximum Gasteiger partial charge on any atom is 0.308 e. The van der Waals surface area contributed by atoms with Crippen molar-refractivity contribution in [2.24, 2.45) is 5.92 Å². The van der Waals surface area contributed by atoms with Gasteiger partial charge in [0.05, 0.1) is 17.3 Å². The molecule has 9 heteroatoms. The van der Waals surface area contributed by atoms with Crippen LogP contribution in [0, 0.1) is 12.8 Å². The van der Waals surface area contributed by atoms with Crippen molar-refractivity contribution in [2.45, 2.75) is 13.3 Å². The normalized spacial score (nSPS) is 18.8. The molecule has 0 bridgehead atoms. The first-order chi connectivity index (χ1) is 12.5. The van der Waals surface area contributed by atoms with Crippen molar-refractivity contribution in [2.75, 3.05) is 26.3 Å². The number of aliphatic carboxylic acids is 1. The number of hydrogen-bond acceptors (Lipinski definition) is 6. The first kappa shape index (κ1) is 16.4. The van der Waals surface area contributed by atoms with Gasteiger partial charge in [-0.2, -0.15) is 0 Å². The molecule has 136 valence electrons. The second kappa shape index (κ2) is 6.32. The molecule has 0 saturated carbocycles. The van der Waals surface area contributed by atoms with Crippen LogP contribution in [0.4, 0.5) is 0 Å². The van der Waals surface area contributed by atoms with E-state index in [1.807, 2.05) is 6.07 Å². The van der Waals surface area contributed by atoms with E-state index in [1.54, 1.807) is 23.7 Å². The molecule has 2 aromatic rings. The van der Waals surface area contributed by atoms with Crippen molar-refractivity contribution in [3.8, 4) is 17.2 Å². The first-order valence-corrected chi connectivity index (χ1v) is 8.39. The summed E-state index contributed by atoms with van der Waals surface area (Å²) < 4.78 is 12.6. The fraction of sp³-hybridized carbons (Fsp3) is 0.412. The molecule has 9 nitrogen and oxygen atoms in total. The minimum Gasteiger partial charge on any atom is -0.486 e. The van der Waals surface area contributed by atoms with E-state index >= 15 is 0 Å². The highest BCUT2D eigenvalue weighted by Crippen LogP contribution is 2.32. The third-order valence-corrected chi connectivity index (χ3v) is 4.69. The second-order valence-corrected chi connectivity index (χ2v) is 6.34. The standard InChI is InChI=1S/C17H18N4O5/c1-10-15(16(22)20-5-4-11(9-20)17(23)24)18-19-21(10)12-2-3-13-14(8-12)26-7-6-25-13/h2-3,8,11H,4-7,9H2,1H3,(H,23,24)/t11-/m0/s1. The van der Waals surface area contributed by atoms with Gasteiger partial charge in [-0.15, -0.1) is 5.10 Å². The van der Waals surface area contributed by atoms with Crippen molar-refractivity contribution in [3.63, 3.8) is 0 Å². The number of carbonyl (C=O) groups excluding carboxylic acids is 1. The van der Waals surface area contributed by atoms with Crippen LogP contribution >= 0.6 is 0 Å². The summed E-state index contributed by atoms with van der Waals surface area (Å²) in [6, 6.07) is 5.41. The lowest BCUT2D eigenvalue weighted by Crippen LogP contribution is -2.30. The van der Waals surface area contributed by atoms with Gasteiger partial charge in [-0.3, -0.25) is 9.59 Å². The number of benzene rings is 1. The number of aromatic nitrogens is 3. The summed E-state index contributed by atoms with van der Waals surface area (Å²) in [7, 11) is 0. The molecule has 0 aliphatic carbocycles. The fourth-order valence-corrected chi connectivity index (χ4v) is 3.23. The predicted octanol–water partition coefficient (Wildman–Crippen LogP) is 0.894. The monoisotopic (exact) mass is 358 g/mol. The van der Waals surface area contributed by atoms with Crippen LogP contribution in [-0.4, -0.2) is 63.2 Å². The average molecular weight is 358 g/mol. The highest BCUT2D eigenvalue weighted by atomic mass is 16.6. The van der Waals surface area contributed by atoms with Crippen LogP contribution in [0.1, 0.15) is 22.6 Å². The largest absolute Gasteiger partial charge is 0.486 e. The van der Waals surface area contributed by atoms with E-state index in [0.29, 0.717) is 49.1 Å². The molecule has 1 aromatic carbocycles. The fourth-order valence-electron chi connectivity index (χ4n) is 3.23. The van der Waals surface area contributed by atoms with Crippen LogP contribution in [0.2, 0.25) is 0 Å². The molecular weight excluding hydrogens is 340 g/mol. The number of fused-ring (bicyclic) bond motifs is 1. The van der Waals surface area contributed by atoms with Gasteiger partial charge in [0.2, 0.25) is 0 Å². The first-order valence-electron chi connectivity index (χ1n) is 8.39. The number of likely N-dealkylation sites (tertiary alicyclic amines) is 1. The molecule has 0 radical (unpaired) electrons. The van der Waals surface area contributed by atoms with Crippen LogP contribution in [-0.2, 0) is 4.79 Å². The van der Waals surface area contributed by atoms with Gasteiger partial charge in [0.25, 0.3) is 5.91 Å². The van der Waals surface area contributed by atoms with E-state index in [1.165, 1.54) is 4.90 Å². The van der Waals surface area contributed by atoms with Gasteiger partial charge in [0, 0.05) is 19.2 Å². The smallest absolute Gasteiger partial charge is 0.308 e. The Bertz CT molecular complexity index is 878. The van der Waals surface area contributed by atoms with Crippen LogP contribution < -0.4 is 9.47 Å². The topological polar surface area (TPSA) is 107 Å². The van der Waals surface area contributed by atoms with Crippen molar-refractivity contribution in [1.82, 2.24) is 19.9 Å². The lowest BCUT2D eigenvalue weighted by atomic mass is 10.1. The average Bonchev–Trinajstić information content (AvgIpc) is 3.28. The minimum atomic E-state index is -0.878. The quantitative estimate of drug-likeness (QED) is 0.868. The molecule has 1 aromatic heterocycles. The Morgan fingerprint density at radius 3 is 2.73 bits per heavy atom. The molecule has 4 rings (SSSR count). The molecule has 3 heterocycles. The summed E-state index contributed by atoms with van der Waals surface area (Å²) in [6.07, 6.45) is 0.455. The maximum absolute atomic E-state index is 12.7. The van der Waals surface area contributed by atoms with Crippen LogP contribution in [0.15, 0.2) is 18.2 Å².